The highest BCUT2D eigenvalue weighted by Crippen LogP contribution is 2.30. The predicted molar refractivity (Wildman–Crippen MR) is 144 cm³/mol. The molecule has 2 amide bonds. The fourth-order valence-electron chi connectivity index (χ4n) is 5.18. The minimum absolute atomic E-state index is 0.122. The number of likely N-dealkylation sites (tertiary alicyclic amines) is 2. The number of carbonyl (C=O) groups excluding carboxylic acids is 2. The number of benzene rings is 2. The van der Waals surface area contributed by atoms with Gasteiger partial charge in [0.05, 0.1) is 11.2 Å². The van der Waals surface area contributed by atoms with E-state index in [1.165, 1.54) is 12.8 Å². The first-order valence-electron chi connectivity index (χ1n) is 12.9. The number of rotatable bonds is 7. The topological polar surface area (TPSA) is 65.5 Å². The van der Waals surface area contributed by atoms with Gasteiger partial charge in [-0.25, -0.2) is 4.98 Å². The van der Waals surface area contributed by atoms with E-state index in [1.54, 1.807) is 23.5 Å². The Morgan fingerprint density at radius 2 is 1.69 bits per heavy atom. The molecule has 1 atom stereocenters. The second-order valence-electron chi connectivity index (χ2n) is 10.4. The van der Waals surface area contributed by atoms with Crippen molar-refractivity contribution in [2.45, 2.75) is 51.1 Å². The molecule has 7 heteroatoms. The summed E-state index contributed by atoms with van der Waals surface area (Å²) in [5.74, 6) is 0.01000. The average Bonchev–Trinajstić information content (AvgIpc) is 3.67. The number of hydrogen-bond acceptors (Lipinski definition) is 5. The molecule has 6 nitrogen and oxygen atoms in total. The van der Waals surface area contributed by atoms with Gasteiger partial charge in [0.1, 0.15) is 5.01 Å². The summed E-state index contributed by atoms with van der Waals surface area (Å²) in [6.45, 7) is 8.10. The normalized spacial score (nSPS) is 18.5. The molecular formula is C29H34N4O2S. The van der Waals surface area contributed by atoms with E-state index in [-0.39, 0.29) is 11.8 Å². The molecule has 2 aliphatic rings. The molecule has 2 fully saturated rings. The zero-order chi connectivity index (χ0) is 25.1. The van der Waals surface area contributed by atoms with Crippen LogP contribution in [0.25, 0.3) is 10.6 Å². The summed E-state index contributed by atoms with van der Waals surface area (Å²) >= 11 is 1.55. The van der Waals surface area contributed by atoms with Crippen molar-refractivity contribution in [3.05, 3.63) is 76.8 Å². The van der Waals surface area contributed by atoms with Crippen molar-refractivity contribution in [3.63, 3.8) is 0 Å². The van der Waals surface area contributed by atoms with Gasteiger partial charge in [0.15, 0.2) is 0 Å². The third-order valence-electron chi connectivity index (χ3n) is 7.29. The number of amides is 2. The van der Waals surface area contributed by atoms with Crippen molar-refractivity contribution in [1.29, 1.82) is 0 Å². The van der Waals surface area contributed by atoms with E-state index in [0.29, 0.717) is 11.6 Å². The van der Waals surface area contributed by atoms with Crippen molar-refractivity contribution in [2.24, 2.45) is 0 Å². The summed E-state index contributed by atoms with van der Waals surface area (Å²) in [5.41, 5.74) is 2.54. The van der Waals surface area contributed by atoms with Crippen LogP contribution in [0.3, 0.4) is 0 Å². The Balaban J connectivity index is 1.25. The lowest BCUT2D eigenvalue weighted by atomic mass is 10.0. The van der Waals surface area contributed by atoms with Crippen molar-refractivity contribution >= 4 is 23.2 Å². The van der Waals surface area contributed by atoms with Crippen LogP contribution in [0.1, 0.15) is 65.9 Å². The van der Waals surface area contributed by atoms with Gasteiger partial charge in [-0.05, 0) is 76.9 Å². The molecule has 0 radical (unpaired) electrons. The maximum Gasteiger partial charge on any atom is 0.254 e. The van der Waals surface area contributed by atoms with E-state index in [2.05, 4.69) is 15.1 Å². The number of nitrogens with zero attached hydrogens (tertiary/aromatic N) is 3. The van der Waals surface area contributed by atoms with Gasteiger partial charge in [0.2, 0.25) is 0 Å². The van der Waals surface area contributed by atoms with Crippen molar-refractivity contribution in [3.8, 4) is 10.6 Å². The van der Waals surface area contributed by atoms with E-state index >= 15 is 0 Å². The van der Waals surface area contributed by atoms with Crippen molar-refractivity contribution in [2.75, 3.05) is 26.2 Å². The molecule has 3 heterocycles. The summed E-state index contributed by atoms with van der Waals surface area (Å²) in [6.07, 6.45) is 4.73. The highest BCUT2D eigenvalue weighted by Gasteiger charge is 2.31. The Kier molecular flexibility index (Phi) is 7.21. The fraction of sp³-hybridized carbons (Fsp3) is 0.414. The molecule has 5 rings (SSSR count). The lowest BCUT2D eigenvalue weighted by Crippen LogP contribution is -2.42. The summed E-state index contributed by atoms with van der Waals surface area (Å²) in [4.78, 5) is 35.4. The number of nitrogens with one attached hydrogen (secondary N) is 1. The van der Waals surface area contributed by atoms with Gasteiger partial charge in [-0.15, -0.1) is 11.3 Å². The minimum atomic E-state index is -0.613. The smallest absolute Gasteiger partial charge is 0.254 e. The maximum atomic E-state index is 13.3. The van der Waals surface area contributed by atoms with Crippen LogP contribution in [0.4, 0.5) is 0 Å². The van der Waals surface area contributed by atoms with Crippen LogP contribution in [0.5, 0.6) is 0 Å². The Bertz CT molecular complexity index is 1200. The SMILES string of the molecule is CC(C)(NC(=O)c1ccccc1)c1csc(-c2ccc(C(=O)N3CCCC3CN3CCCC3)cc2)n1. The van der Waals surface area contributed by atoms with Gasteiger partial charge < -0.3 is 15.1 Å². The van der Waals surface area contributed by atoms with Gasteiger partial charge in [0, 0.05) is 41.2 Å². The second-order valence-corrected chi connectivity index (χ2v) is 11.2. The summed E-state index contributed by atoms with van der Waals surface area (Å²) in [5, 5.41) is 5.96. The molecule has 0 aliphatic carbocycles. The predicted octanol–water partition coefficient (Wildman–Crippen LogP) is 5.18. The van der Waals surface area contributed by atoms with Crippen LogP contribution < -0.4 is 5.32 Å². The van der Waals surface area contributed by atoms with Gasteiger partial charge in [-0.3, -0.25) is 9.59 Å². The number of thiazole rings is 1. The van der Waals surface area contributed by atoms with Crippen LogP contribution in [0.2, 0.25) is 0 Å². The van der Waals surface area contributed by atoms with Crippen LogP contribution in [0.15, 0.2) is 60.0 Å². The molecule has 1 aromatic heterocycles. The summed E-state index contributed by atoms with van der Waals surface area (Å²) in [7, 11) is 0. The molecule has 36 heavy (non-hydrogen) atoms. The molecule has 2 aromatic carbocycles. The van der Waals surface area contributed by atoms with E-state index in [0.717, 1.165) is 60.8 Å². The highest BCUT2D eigenvalue weighted by molar-refractivity contribution is 7.13. The molecule has 1 unspecified atom stereocenters. The average molecular weight is 503 g/mol. The van der Waals surface area contributed by atoms with Gasteiger partial charge in [-0.2, -0.15) is 0 Å². The van der Waals surface area contributed by atoms with Gasteiger partial charge in [0.25, 0.3) is 11.8 Å². The Morgan fingerprint density at radius 1 is 0.972 bits per heavy atom. The molecule has 0 saturated carbocycles. The number of aromatic nitrogens is 1. The number of carbonyl (C=O) groups is 2. The van der Waals surface area contributed by atoms with Gasteiger partial charge >= 0.3 is 0 Å². The molecule has 188 valence electrons. The summed E-state index contributed by atoms with van der Waals surface area (Å²) in [6, 6.07) is 17.3. The van der Waals surface area contributed by atoms with Crippen molar-refractivity contribution < 1.29 is 9.59 Å². The van der Waals surface area contributed by atoms with E-state index in [9.17, 15) is 9.59 Å². The van der Waals surface area contributed by atoms with Crippen LogP contribution in [-0.4, -0.2) is 58.8 Å². The standard InChI is InChI=1S/C29H34N4O2S/c1-29(2,31-26(34)21-9-4-3-5-10-21)25-20-36-27(30-25)22-12-14-23(15-13-22)28(35)33-18-8-11-24(33)19-32-16-6-7-17-32/h3-5,9-10,12-15,20,24H,6-8,11,16-19H2,1-2H3,(H,31,34). The zero-order valence-corrected chi connectivity index (χ0v) is 21.9. The molecule has 1 N–H and O–H groups in total. The second kappa shape index (κ2) is 10.5. The molecule has 0 bridgehead atoms. The van der Waals surface area contributed by atoms with Crippen LogP contribution >= 0.6 is 11.3 Å². The lowest BCUT2D eigenvalue weighted by molar-refractivity contribution is 0.0708. The first-order chi connectivity index (χ1) is 17.4. The zero-order valence-electron chi connectivity index (χ0n) is 21.1. The van der Waals surface area contributed by atoms with E-state index in [4.69, 9.17) is 4.98 Å². The molecule has 2 aliphatic heterocycles. The van der Waals surface area contributed by atoms with E-state index in [1.807, 2.05) is 61.7 Å². The first-order valence-corrected chi connectivity index (χ1v) is 13.8. The molecule has 3 aromatic rings. The monoisotopic (exact) mass is 502 g/mol. The van der Waals surface area contributed by atoms with Crippen LogP contribution in [0, 0.1) is 0 Å². The maximum absolute atomic E-state index is 13.3. The highest BCUT2D eigenvalue weighted by atomic mass is 32.1. The fourth-order valence-corrected chi connectivity index (χ4v) is 6.17. The third kappa shape index (κ3) is 5.37. The summed E-state index contributed by atoms with van der Waals surface area (Å²) < 4.78 is 0. The largest absolute Gasteiger partial charge is 0.341 e. The quantitative estimate of drug-likeness (QED) is 0.484. The minimum Gasteiger partial charge on any atom is -0.341 e. The third-order valence-corrected chi connectivity index (χ3v) is 8.18. The van der Waals surface area contributed by atoms with Crippen molar-refractivity contribution in [1.82, 2.24) is 20.1 Å². The Labute approximate surface area is 217 Å². The molecular weight excluding hydrogens is 468 g/mol. The van der Waals surface area contributed by atoms with Gasteiger partial charge in [-0.1, -0.05) is 30.3 Å². The number of hydrogen-bond donors (Lipinski definition) is 1. The Hall–Kier alpha value is -3.03. The molecule has 2 saturated heterocycles. The molecule has 0 spiro atoms. The van der Waals surface area contributed by atoms with Crippen LogP contribution in [-0.2, 0) is 5.54 Å². The first kappa shape index (κ1) is 24.7. The lowest BCUT2D eigenvalue weighted by Gasteiger charge is -2.28. The Morgan fingerprint density at radius 3 is 2.42 bits per heavy atom. The van der Waals surface area contributed by atoms with E-state index < -0.39 is 5.54 Å².